The van der Waals surface area contributed by atoms with Crippen molar-refractivity contribution in [3.63, 3.8) is 0 Å². The predicted molar refractivity (Wildman–Crippen MR) is 107 cm³/mol. The Morgan fingerprint density at radius 1 is 1.37 bits per heavy atom. The molecule has 0 saturated carbocycles. The van der Waals surface area contributed by atoms with Crippen LogP contribution in [0.25, 0.3) is 0 Å². The Morgan fingerprint density at radius 2 is 2.11 bits per heavy atom. The lowest BCUT2D eigenvalue weighted by atomic mass is 9.76. The van der Waals surface area contributed by atoms with Crippen molar-refractivity contribution in [1.82, 2.24) is 9.80 Å². The first-order valence-electron chi connectivity index (χ1n) is 9.81. The maximum Gasteiger partial charge on any atom is 0.407 e. The molecule has 1 aromatic carbocycles. The van der Waals surface area contributed by atoms with Gasteiger partial charge in [-0.25, -0.2) is 4.79 Å². The first kappa shape index (κ1) is 20.0. The minimum absolute atomic E-state index is 0.169. The average Bonchev–Trinajstić information content (AvgIpc) is 3.05. The van der Waals surface area contributed by atoms with Crippen LogP contribution in [0.15, 0.2) is 12.1 Å². The summed E-state index contributed by atoms with van der Waals surface area (Å²) in [7, 11) is 4.14. The first-order chi connectivity index (χ1) is 12.7. The number of carboxylic acid groups (broad SMARTS) is 1. The van der Waals surface area contributed by atoms with Crippen molar-refractivity contribution in [2.24, 2.45) is 5.41 Å². The topological polar surface area (TPSA) is 65.0 Å². The molecule has 2 aliphatic heterocycles. The highest BCUT2D eigenvalue weighted by molar-refractivity contribution is 5.69. The zero-order valence-electron chi connectivity index (χ0n) is 17.2. The fourth-order valence-corrected chi connectivity index (χ4v) is 4.39. The quantitative estimate of drug-likeness (QED) is 0.842. The summed E-state index contributed by atoms with van der Waals surface area (Å²) in [5.41, 5.74) is 4.56. The van der Waals surface area contributed by atoms with Gasteiger partial charge in [0.25, 0.3) is 0 Å². The van der Waals surface area contributed by atoms with E-state index in [0.29, 0.717) is 13.2 Å². The largest absolute Gasteiger partial charge is 0.465 e. The smallest absolute Gasteiger partial charge is 0.407 e. The number of rotatable bonds is 4. The molecule has 1 saturated heterocycles. The van der Waals surface area contributed by atoms with Gasteiger partial charge in [-0.1, -0.05) is 26.8 Å². The van der Waals surface area contributed by atoms with Crippen LogP contribution in [-0.2, 0) is 17.7 Å². The molecule has 3 rings (SSSR count). The van der Waals surface area contributed by atoms with Crippen LogP contribution in [0.5, 0.6) is 0 Å². The minimum atomic E-state index is -0.840. The SMILES string of the molecule is CN(C)Cc1cc2c(c(NC3CCOC3)c1)[C@H](C(C)(C)C)N(C(=O)O)CC2. The van der Waals surface area contributed by atoms with Crippen molar-refractivity contribution >= 4 is 11.8 Å². The van der Waals surface area contributed by atoms with Crippen molar-refractivity contribution < 1.29 is 14.6 Å². The number of ether oxygens (including phenoxy) is 1. The number of nitrogens with one attached hydrogen (secondary N) is 1. The van der Waals surface area contributed by atoms with Crippen LogP contribution in [0.2, 0.25) is 0 Å². The average molecular weight is 376 g/mol. The highest BCUT2D eigenvalue weighted by Gasteiger charge is 2.40. The number of amides is 1. The second-order valence-corrected chi connectivity index (χ2v) is 9.15. The van der Waals surface area contributed by atoms with E-state index in [4.69, 9.17) is 4.74 Å². The number of fused-ring (bicyclic) bond motifs is 1. The Bertz CT molecular complexity index is 691. The third-order valence-electron chi connectivity index (χ3n) is 5.39. The Labute approximate surface area is 162 Å². The molecule has 2 heterocycles. The second-order valence-electron chi connectivity index (χ2n) is 9.15. The molecule has 150 valence electrons. The lowest BCUT2D eigenvalue weighted by Gasteiger charge is -2.44. The van der Waals surface area contributed by atoms with Crippen molar-refractivity contribution in [1.29, 1.82) is 0 Å². The van der Waals surface area contributed by atoms with Gasteiger partial charge in [-0.3, -0.25) is 0 Å². The Hall–Kier alpha value is -1.79. The molecule has 6 nitrogen and oxygen atoms in total. The molecule has 1 aromatic rings. The maximum atomic E-state index is 12.0. The van der Waals surface area contributed by atoms with Crippen molar-refractivity contribution in [3.05, 3.63) is 28.8 Å². The monoisotopic (exact) mass is 375 g/mol. The zero-order valence-corrected chi connectivity index (χ0v) is 17.2. The van der Waals surface area contributed by atoms with Crippen molar-refractivity contribution in [3.8, 4) is 0 Å². The Morgan fingerprint density at radius 3 is 2.67 bits per heavy atom. The van der Waals surface area contributed by atoms with Crippen molar-refractivity contribution in [2.45, 2.75) is 52.2 Å². The molecule has 27 heavy (non-hydrogen) atoms. The second kappa shape index (κ2) is 7.68. The highest BCUT2D eigenvalue weighted by atomic mass is 16.5. The molecule has 0 spiro atoms. The molecular weight excluding hydrogens is 342 g/mol. The van der Waals surface area contributed by atoms with E-state index in [1.807, 2.05) is 0 Å². The predicted octanol–water partition coefficient (Wildman–Crippen LogP) is 3.57. The van der Waals surface area contributed by atoms with Gasteiger partial charge in [0.2, 0.25) is 0 Å². The van der Waals surface area contributed by atoms with Crippen LogP contribution in [-0.4, -0.2) is 60.9 Å². The number of carbonyl (C=O) groups is 1. The maximum absolute atomic E-state index is 12.0. The van der Waals surface area contributed by atoms with Gasteiger partial charge >= 0.3 is 6.09 Å². The molecule has 2 aliphatic rings. The normalized spacial score (nSPS) is 22.8. The van der Waals surface area contributed by atoms with Gasteiger partial charge < -0.3 is 25.0 Å². The summed E-state index contributed by atoms with van der Waals surface area (Å²) in [6, 6.07) is 4.59. The summed E-state index contributed by atoms with van der Waals surface area (Å²) >= 11 is 0. The van der Waals surface area contributed by atoms with Gasteiger partial charge in [0.15, 0.2) is 0 Å². The van der Waals surface area contributed by atoms with Crippen LogP contribution < -0.4 is 5.32 Å². The molecule has 1 fully saturated rings. The molecular formula is C21H33N3O3. The molecule has 0 aromatic heterocycles. The Balaban J connectivity index is 2.10. The third-order valence-corrected chi connectivity index (χ3v) is 5.39. The van der Waals surface area contributed by atoms with Gasteiger partial charge in [0, 0.05) is 30.9 Å². The number of anilines is 1. The molecule has 1 amide bonds. The van der Waals surface area contributed by atoms with Crippen LogP contribution in [0.4, 0.5) is 10.5 Å². The van der Waals surface area contributed by atoms with E-state index in [9.17, 15) is 9.90 Å². The minimum Gasteiger partial charge on any atom is -0.465 e. The van der Waals surface area contributed by atoms with E-state index in [-0.39, 0.29) is 17.5 Å². The van der Waals surface area contributed by atoms with Crippen LogP contribution in [0.3, 0.4) is 0 Å². The van der Waals surface area contributed by atoms with E-state index >= 15 is 0 Å². The van der Waals surface area contributed by atoms with E-state index in [1.54, 1.807) is 4.90 Å². The summed E-state index contributed by atoms with van der Waals surface area (Å²) in [5, 5.41) is 13.5. The van der Waals surface area contributed by atoms with Gasteiger partial charge in [-0.15, -0.1) is 0 Å². The van der Waals surface area contributed by atoms with Gasteiger partial charge in [0.1, 0.15) is 0 Å². The van der Waals surface area contributed by atoms with Gasteiger partial charge in [-0.2, -0.15) is 0 Å². The molecule has 0 aliphatic carbocycles. The summed E-state index contributed by atoms with van der Waals surface area (Å²) in [6.07, 6.45) is 0.897. The van der Waals surface area contributed by atoms with E-state index in [2.05, 4.69) is 57.2 Å². The third kappa shape index (κ3) is 4.38. The van der Waals surface area contributed by atoms with E-state index < -0.39 is 6.09 Å². The summed E-state index contributed by atoms with van der Waals surface area (Å²) < 4.78 is 5.55. The lowest BCUT2D eigenvalue weighted by Crippen LogP contribution is -2.45. The number of nitrogens with zero attached hydrogens (tertiary/aromatic N) is 2. The fourth-order valence-electron chi connectivity index (χ4n) is 4.39. The summed E-state index contributed by atoms with van der Waals surface area (Å²) in [6.45, 7) is 9.26. The molecule has 0 radical (unpaired) electrons. The van der Waals surface area contributed by atoms with E-state index in [1.165, 1.54) is 11.1 Å². The number of benzene rings is 1. The van der Waals surface area contributed by atoms with Crippen LogP contribution >= 0.6 is 0 Å². The van der Waals surface area contributed by atoms with Crippen molar-refractivity contribution in [2.75, 3.05) is 39.2 Å². The Kier molecular flexibility index (Phi) is 5.68. The fraction of sp³-hybridized carbons (Fsp3) is 0.667. The highest BCUT2D eigenvalue weighted by Crippen LogP contribution is 2.46. The standard InChI is InChI=1S/C21H33N3O3/c1-21(2,3)19-18-15(6-8-24(19)20(25)26)10-14(12-23(4)5)11-17(18)22-16-7-9-27-13-16/h10-11,16,19,22H,6-9,12-13H2,1-5H3,(H,25,26)/t16?,19-/m1/s1. The van der Waals surface area contributed by atoms with E-state index in [0.717, 1.165) is 37.2 Å². The summed E-state index contributed by atoms with van der Waals surface area (Å²) in [4.78, 5) is 15.7. The van der Waals surface area contributed by atoms with Crippen LogP contribution in [0.1, 0.15) is 49.9 Å². The van der Waals surface area contributed by atoms with Gasteiger partial charge in [-0.05, 0) is 49.5 Å². The molecule has 0 bridgehead atoms. The molecule has 6 heteroatoms. The zero-order chi connectivity index (χ0) is 19.8. The number of hydrogen-bond acceptors (Lipinski definition) is 4. The molecule has 2 atom stereocenters. The first-order valence-corrected chi connectivity index (χ1v) is 9.81. The number of hydrogen-bond donors (Lipinski definition) is 2. The summed E-state index contributed by atoms with van der Waals surface area (Å²) in [5.74, 6) is 0. The van der Waals surface area contributed by atoms with Crippen LogP contribution in [0, 0.1) is 5.41 Å². The molecule has 1 unspecified atom stereocenters. The van der Waals surface area contributed by atoms with Gasteiger partial charge in [0.05, 0.1) is 18.7 Å². The molecule has 2 N–H and O–H groups in total. The lowest BCUT2D eigenvalue weighted by molar-refractivity contribution is 0.0762.